The maximum Gasteiger partial charge on any atom is 0.0446 e. The first kappa shape index (κ1) is 21.8. The van der Waals surface area contributed by atoms with Gasteiger partial charge in [0.2, 0.25) is 0 Å². The van der Waals surface area contributed by atoms with Crippen molar-refractivity contribution in [1.29, 1.82) is 0 Å². The molecule has 182 valence electrons. The predicted molar refractivity (Wildman–Crippen MR) is 142 cm³/mol. The van der Waals surface area contributed by atoms with Gasteiger partial charge in [0.1, 0.15) is 0 Å². The third-order valence-corrected chi connectivity index (χ3v) is 11.3. The van der Waals surface area contributed by atoms with Crippen LogP contribution in [0.2, 0.25) is 0 Å². The van der Waals surface area contributed by atoms with Crippen LogP contribution in [0.4, 0.5) is 0 Å². The van der Waals surface area contributed by atoms with Gasteiger partial charge in [-0.1, -0.05) is 24.3 Å². The SMILES string of the molecule is C(=NCC12CCC3CC(CC(C3)C1)C2)c1ccc(C=NCC23CCC4CC(CC(C4)C2)C3)cc1. The zero-order chi connectivity index (χ0) is 22.6. The lowest BCUT2D eigenvalue weighted by atomic mass is 9.61. The van der Waals surface area contributed by atoms with Crippen LogP contribution in [-0.2, 0) is 0 Å². The fourth-order valence-electron chi connectivity index (χ4n) is 10.4. The highest BCUT2D eigenvalue weighted by molar-refractivity contribution is 5.84. The highest BCUT2D eigenvalue weighted by atomic mass is 14.8. The summed E-state index contributed by atoms with van der Waals surface area (Å²) in [6.07, 6.45) is 25.0. The van der Waals surface area contributed by atoms with Crippen molar-refractivity contribution >= 4 is 12.4 Å². The number of hydrogen-bond donors (Lipinski definition) is 0. The standard InChI is InChI=1S/C32H44N2/c1-2-24(20-34-22-32-8-6-26-11-29(17-32)14-30(12-26)18-32)4-3-23(1)19-33-21-31-7-5-25-9-27(15-31)13-28(10-25)16-31/h1-4,19-20,25-30H,5-18,21-22H2. The van der Waals surface area contributed by atoms with E-state index in [0.717, 1.165) is 48.6 Å². The number of hydrogen-bond acceptors (Lipinski definition) is 2. The maximum absolute atomic E-state index is 5.02. The molecule has 0 N–H and O–H groups in total. The van der Waals surface area contributed by atoms with Gasteiger partial charge in [-0.05, 0) is 147 Å². The average Bonchev–Trinajstić information content (AvgIpc) is 3.14. The number of rotatable bonds is 6. The minimum Gasteiger partial charge on any atom is -0.292 e. The van der Waals surface area contributed by atoms with E-state index in [0.29, 0.717) is 10.8 Å². The molecule has 2 nitrogen and oxygen atoms in total. The van der Waals surface area contributed by atoms with Gasteiger partial charge in [-0.3, -0.25) is 9.98 Å². The number of benzene rings is 1. The summed E-state index contributed by atoms with van der Waals surface area (Å²) in [6.45, 7) is 2.11. The summed E-state index contributed by atoms with van der Waals surface area (Å²) in [4.78, 5) is 10.0. The van der Waals surface area contributed by atoms with Crippen LogP contribution in [0.5, 0.6) is 0 Å². The average molecular weight is 457 g/mol. The van der Waals surface area contributed by atoms with Crippen molar-refractivity contribution in [2.75, 3.05) is 13.1 Å². The van der Waals surface area contributed by atoms with Crippen LogP contribution in [0.25, 0.3) is 0 Å². The molecule has 8 aliphatic carbocycles. The van der Waals surface area contributed by atoms with Crippen molar-refractivity contribution in [1.82, 2.24) is 0 Å². The van der Waals surface area contributed by atoms with E-state index >= 15 is 0 Å². The molecule has 0 aliphatic heterocycles. The summed E-state index contributed by atoms with van der Waals surface area (Å²) in [5.41, 5.74) is 3.54. The van der Waals surface area contributed by atoms with Crippen LogP contribution in [0.3, 0.4) is 0 Å². The van der Waals surface area contributed by atoms with Gasteiger partial charge in [-0.15, -0.1) is 0 Å². The van der Waals surface area contributed by atoms with Gasteiger partial charge in [0.15, 0.2) is 0 Å². The van der Waals surface area contributed by atoms with Gasteiger partial charge >= 0.3 is 0 Å². The molecular weight excluding hydrogens is 412 g/mol. The van der Waals surface area contributed by atoms with Crippen molar-refractivity contribution in [3.8, 4) is 0 Å². The second kappa shape index (κ2) is 8.59. The summed E-state index contributed by atoms with van der Waals surface area (Å²) < 4.78 is 0. The van der Waals surface area contributed by atoms with Crippen LogP contribution in [0.15, 0.2) is 34.3 Å². The molecule has 0 radical (unpaired) electrons. The van der Waals surface area contributed by atoms with Gasteiger partial charge in [0, 0.05) is 25.5 Å². The molecular formula is C32H44N2. The number of fused-ring (bicyclic) bond motifs is 2. The minimum absolute atomic E-state index is 0.526. The summed E-state index contributed by atoms with van der Waals surface area (Å²) in [7, 11) is 0. The molecule has 4 unspecified atom stereocenters. The Morgan fingerprint density at radius 3 is 1.29 bits per heavy atom. The lowest BCUT2D eigenvalue weighted by Gasteiger charge is -2.44. The molecule has 0 heterocycles. The number of aliphatic imine (C=N–C) groups is 2. The van der Waals surface area contributed by atoms with Crippen LogP contribution in [0, 0.1) is 46.3 Å². The Bertz CT molecular complexity index is 837. The molecule has 8 saturated carbocycles. The van der Waals surface area contributed by atoms with Crippen LogP contribution in [-0.4, -0.2) is 25.5 Å². The van der Waals surface area contributed by atoms with E-state index in [-0.39, 0.29) is 0 Å². The zero-order valence-corrected chi connectivity index (χ0v) is 21.1. The zero-order valence-electron chi connectivity index (χ0n) is 21.1. The molecule has 2 heteroatoms. The molecule has 1 aromatic rings. The van der Waals surface area contributed by atoms with E-state index in [4.69, 9.17) is 9.98 Å². The first-order valence-electron chi connectivity index (χ1n) is 14.7. The van der Waals surface area contributed by atoms with Crippen LogP contribution in [0.1, 0.15) is 101 Å². The fourth-order valence-corrected chi connectivity index (χ4v) is 10.4. The topological polar surface area (TPSA) is 24.7 Å². The summed E-state index contributed by atoms with van der Waals surface area (Å²) in [6, 6.07) is 8.97. The van der Waals surface area contributed by atoms with E-state index in [2.05, 4.69) is 36.7 Å². The maximum atomic E-state index is 5.02. The Labute approximate surface area is 207 Å². The normalized spacial score (nSPS) is 44.8. The number of nitrogens with zero attached hydrogens (tertiary/aromatic N) is 2. The molecule has 0 spiro atoms. The molecule has 4 atom stereocenters. The first-order valence-corrected chi connectivity index (χ1v) is 14.7. The van der Waals surface area contributed by atoms with Crippen molar-refractivity contribution in [3.05, 3.63) is 35.4 Å². The molecule has 0 amide bonds. The quantitative estimate of drug-likeness (QED) is 0.391. The Balaban J connectivity index is 0.959. The van der Waals surface area contributed by atoms with E-state index in [1.54, 1.807) is 0 Å². The van der Waals surface area contributed by atoms with Crippen molar-refractivity contribution in [3.63, 3.8) is 0 Å². The van der Waals surface area contributed by atoms with E-state index in [9.17, 15) is 0 Å². The predicted octanol–water partition coefficient (Wildman–Crippen LogP) is 7.74. The molecule has 34 heavy (non-hydrogen) atoms. The smallest absolute Gasteiger partial charge is 0.0446 e. The van der Waals surface area contributed by atoms with E-state index in [1.165, 1.54) is 101 Å². The minimum atomic E-state index is 0.526. The molecule has 0 saturated heterocycles. The Morgan fingerprint density at radius 2 is 0.912 bits per heavy atom. The first-order chi connectivity index (χ1) is 16.6. The van der Waals surface area contributed by atoms with Gasteiger partial charge in [0.05, 0.1) is 0 Å². The molecule has 0 aromatic heterocycles. The highest BCUT2D eigenvalue weighted by Gasteiger charge is 2.48. The Morgan fingerprint density at radius 1 is 0.559 bits per heavy atom. The molecule has 9 rings (SSSR count). The Kier molecular flexibility index (Phi) is 5.51. The third-order valence-electron chi connectivity index (χ3n) is 11.3. The summed E-state index contributed by atoms with van der Waals surface area (Å²) in [5.74, 6) is 6.12. The fraction of sp³-hybridized carbons (Fsp3) is 0.750. The van der Waals surface area contributed by atoms with Crippen molar-refractivity contribution in [2.24, 2.45) is 56.3 Å². The van der Waals surface area contributed by atoms with Gasteiger partial charge in [0.25, 0.3) is 0 Å². The van der Waals surface area contributed by atoms with E-state index in [1.807, 2.05) is 0 Å². The van der Waals surface area contributed by atoms with Crippen LogP contribution >= 0.6 is 0 Å². The van der Waals surface area contributed by atoms with Crippen LogP contribution < -0.4 is 0 Å². The molecule has 8 fully saturated rings. The van der Waals surface area contributed by atoms with Crippen molar-refractivity contribution in [2.45, 2.75) is 89.9 Å². The second-order valence-corrected chi connectivity index (χ2v) is 14.1. The van der Waals surface area contributed by atoms with Gasteiger partial charge in [-0.2, -0.15) is 0 Å². The monoisotopic (exact) mass is 456 g/mol. The second-order valence-electron chi connectivity index (χ2n) is 14.1. The lowest BCUT2D eigenvalue weighted by Crippen LogP contribution is -2.36. The lowest BCUT2D eigenvalue weighted by molar-refractivity contribution is 0.0726. The molecule has 1 aromatic carbocycles. The third kappa shape index (κ3) is 4.33. The van der Waals surface area contributed by atoms with Gasteiger partial charge < -0.3 is 0 Å². The molecule has 8 aliphatic rings. The van der Waals surface area contributed by atoms with Crippen molar-refractivity contribution < 1.29 is 0 Å². The summed E-state index contributed by atoms with van der Waals surface area (Å²) >= 11 is 0. The molecule has 8 bridgehead atoms. The highest BCUT2D eigenvalue weighted by Crippen LogP contribution is 2.58. The van der Waals surface area contributed by atoms with Gasteiger partial charge in [-0.25, -0.2) is 0 Å². The van der Waals surface area contributed by atoms with E-state index < -0.39 is 0 Å². The Hall–Kier alpha value is -1.44. The largest absolute Gasteiger partial charge is 0.292 e. The summed E-state index contributed by atoms with van der Waals surface area (Å²) in [5, 5.41) is 0.